The van der Waals surface area contributed by atoms with Crippen LogP contribution in [0.15, 0.2) is 12.3 Å². The molecule has 0 bridgehead atoms. The first kappa shape index (κ1) is 12.8. The molecule has 0 aliphatic carbocycles. The number of anilines is 1. The Bertz CT molecular complexity index is 449. The van der Waals surface area contributed by atoms with Crippen LogP contribution < -0.4 is 11.5 Å². The monoisotopic (exact) mass is 240 g/mol. The molecule has 0 aliphatic heterocycles. The van der Waals surface area contributed by atoms with Gasteiger partial charge in [-0.25, -0.2) is 4.98 Å². The molecular formula is C9H12N4O4. The molecule has 0 amide bonds. The summed E-state index contributed by atoms with van der Waals surface area (Å²) in [5.74, 6) is -0.508. The molecule has 0 aliphatic rings. The standard InChI is InChI=1S/C9H12N4O4/c1-17-9(14)7(10)3-5-2-6(13(15)16)4-12-8(5)11/h2,4,7H,3,10H2,1H3,(H2,11,12)/t7-/m1/s1. The van der Waals surface area contributed by atoms with Gasteiger partial charge in [-0.15, -0.1) is 0 Å². The second-order valence-electron chi connectivity index (χ2n) is 3.33. The van der Waals surface area contributed by atoms with Gasteiger partial charge in [0.1, 0.15) is 18.1 Å². The molecule has 0 unspecified atom stereocenters. The SMILES string of the molecule is COC(=O)[C@H](N)Cc1cc([N+](=O)[O-])cnc1N. The average Bonchev–Trinajstić information content (AvgIpc) is 2.30. The van der Waals surface area contributed by atoms with Crippen LogP contribution in [0.4, 0.5) is 11.5 Å². The van der Waals surface area contributed by atoms with Crippen molar-refractivity contribution in [2.45, 2.75) is 12.5 Å². The van der Waals surface area contributed by atoms with Gasteiger partial charge in [-0.2, -0.15) is 0 Å². The van der Waals surface area contributed by atoms with Crippen LogP contribution in [0.5, 0.6) is 0 Å². The van der Waals surface area contributed by atoms with Crippen molar-refractivity contribution in [3.63, 3.8) is 0 Å². The fourth-order valence-corrected chi connectivity index (χ4v) is 1.24. The average molecular weight is 240 g/mol. The lowest BCUT2D eigenvalue weighted by molar-refractivity contribution is -0.385. The summed E-state index contributed by atoms with van der Waals surface area (Å²) in [6.45, 7) is 0. The molecule has 0 fully saturated rings. The van der Waals surface area contributed by atoms with Crippen molar-refractivity contribution in [1.82, 2.24) is 4.98 Å². The third kappa shape index (κ3) is 3.11. The summed E-state index contributed by atoms with van der Waals surface area (Å²) in [6.07, 6.45) is 1.08. The van der Waals surface area contributed by atoms with Gasteiger partial charge in [0.15, 0.2) is 0 Å². The molecule has 17 heavy (non-hydrogen) atoms. The summed E-state index contributed by atoms with van der Waals surface area (Å²) >= 11 is 0. The zero-order valence-corrected chi connectivity index (χ0v) is 9.12. The lowest BCUT2D eigenvalue weighted by Gasteiger charge is -2.10. The molecular weight excluding hydrogens is 228 g/mol. The summed E-state index contributed by atoms with van der Waals surface area (Å²) < 4.78 is 4.44. The van der Waals surface area contributed by atoms with E-state index in [-0.39, 0.29) is 17.9 Å². The number of pyridine rings is 1. The van der Waals surface area contributed by atoms with Gasteiger partial charge in [-0.1, -0.05) is 0 Å². The number of rotatable bonds is 4. The zero-order valence-electron chi connectivity index (χ0n) is 9.12. The van der Waals surface area contributed by atoms with Crippen molar-refractivity contribution in [3.8, 4) is 0 Å². The normalized spacial score (nSPS) is 11.9. The Morgan fingerprint density at radius 1 is 1.71 bits per heavy atom. The highest BCUT2D eigenvalue weighted by atomic mass is 16.6. The Kier molecular flexibility index (Phi) is 3.94. The Hall–Kier alpha value is -2.22. The maximum atomic E-state index is 11.1. The number of carbonyl (C=O) groups excluding carboxylic acids is 1. The summed E-state index contributed by atoms with van der Waals surface area (Å²) in [6, 6.07) is 0.316. The lowest BCUT2D eigenvalue weighted by atomic mass is 10.1. The van der Waals surface area contributed by atoms with Crippen molar-refractivity contribution in [1.29, 1.82) is 0 Å². The van der Waals surface area contributed by atoms with E-state index in [2.05, 4.69) is 9.72 Å². The molecule has 1 rings (SSSR count). The Balaban J connectivity index is 2.93. The summed E-state index contributed by atoms with van der Waals surface area (Å²) in [5, 5.41) is 10.5. The number of nitrogens with two attached hydrogens (primary N) is 2. The number of nitrogens with zero attached hydrogens (tertiary/aromatic N) is 2. The molecule has 0 radical (unpaired) electrons. The van der Waals surface area contributed by atoms with E-state index in [0.29, 0.717) is 5.56 Å². The predicted octanol–water partition coefficient (Wildman–Crippen LogP) is -0.385. The van der Waals surface area contributed by atoms with Crippen molar-refractivity contribution < 1.29 is 14.5 Å². The number of nitrogen functional groups attached to an aromatic ring is 1. The van der Waals surface area contributed by atoms with E-state index in [1.54, 1.807) is 0 Å². The van der Waals surface area contributed by atoms with Crippen LogP contribution in [0, 0.1) is 10.1 Å². The Morgan fingerprint density at radius 2 is 2.35 bits per heavy atom. The second kappa shape index (κ2) is 5.21. The van der Waals surface area contributed by atoms with E-state index >= 15 is 0 Å². The van der Waals surface area contributed by atoms with Crippen molar-refractivity contribution in [2.75, 3.05) is 12.8 Å². The molecule has 0 saturated heterocycles. The van der Waals surface area contributed by atoms with Gasteiger partial charge in [-0.3, -0.25) is 14.9 Å². The lowest BCUT2D eigenvalue weighted by Crippen LogP contribution is -2.34. The number of methoxy groups -OCH3 is 1. The van der Waals surface area contributed by atoms with E-state index in [0.717, 1.165) is 6.20 Å². The van der Waals surface area contributed by atoms with Crippen LogP contribution in [-0.2, 0) is 16.0 Å². The third-order valence-electron chi connectivity index (χ3n) is 2.14. The topological polar surface area (TPSA) is 134 Å². The van der Waals surface area contributed by atoms with E-state index in [1.807, 2.05) is 0 Å². The fraction of sp³-hybridized carbons (Fsp3) is 0.333. The number of hydrogen-bond donors (Lipinski definition) is 2. The molecule has 1 heterocycles. The summed E-state index contributed by atoms with van der Waals surface area (Å²) in [7, 11) is 1.21. The number of esters is 1. The smallest absolute Gasteiger partial charge is 0.322 e. The first-order valence-corrected chi connectivity index (χ1v) is 4.68. The zero-order chi connectivity index (χ0) is 13.0. The highest BCUT2D eigenvalue weighted by Crippen LogP contribution is 2.18. The van der Waals surface area contributed by atoms with Crippen LogP contribution in [-0.4, -0.2) is 29.0 Å². The van der Waals surface area contributed by atoms with Crippen molar-refractivity contribution in [3.05, 3.63) is 27.9 Å². The van der Waals surface area contributed by atoms with Crippen LogP contribution in [0.25, 0.3) is 0 Å². The molecule has 1 aromatic heterocycles. The summed E-state index contributed by atoms with van der Waals surface area (Å²) in [4.78, 5) is 24.7. The molecule has 1 atom stereocenters. The Morgan fingerprint density at radius 3 is 2.88 bits per heavy atom. The number of aromatic nitrogens is 1. The first-order valence-electron chi connectivity index (χ1n) is 4.68. The number of carbonyl (C=O) groups is 1. The van der Waals surface area contributed by atoms with Gasteiger partial charge >= 0.3 is 5.97 Å². The molecule has 0 spiro atoms. The van der Waals surface area contributed by atoms with E-state index in [9.17, 15) is 14.9 Å². The quantitative estimate of drug-likeness (QED) is 0.415. The van der Waals surface area contributed by atoms with E-state index < -0.39 is 16.9 Å². The molecule has 0 aromatic carbocycles. The molecule has 92 valence electrons. The fourth-order valence-electron chi connectivity index (χ4n) is 1.24. The maximum absolute atomic E-state index is 11.1. The largest absolute Gasteiger partial charge is 0.468 e. The molecule has 1 aromatic rings. The van der Waals surface area contributed by atoms with Gasteiger partial charge in [0, 0.05) is 18.1 Å². The van der Waals surface area contributed by atoms with Crippen LogP contribution in [0.2, 0.25) is 0 Å². The van der Waals surface area contributed by atoms with Crippen LogP contribution >= 0.6 is 0 Å². The van der Waals surface area contributed by atoms with E-state index in [4.69, 9.17) is 11.5 Å². The molecule has 0 saturated carbocycles. The van der Waals surface area contributed by atoms with Gasteiger partial charge < -0.3 is 16.2 Å². The molecule has 8 nitrogen and oxygen atoms in total. The van der Waals surface area contributed by atoms with Gasteiger partial charge in [-0.05, 0) is 0 Å². The highest BCUT2D eigenvalue weighted by Gasteiger charge is 2.18. The highest BCUT2D eigenvalue weighted by molar-refractivity contribution is 5.76. The van der Waals surface area contributed by atoms with Crippen molar-refractivity contribution >= 4 is 17.5 Å². The Labute approximate surface area is 96.7 Å². The third-order valence-corrected chi connectivity index (χ3v) is 2.14. The maximum Gasteiger partial charge on any atom is 0.322 e. The van der Waals surface area contributed by atoms with Gasteiger partial charge in [0.25, 0.3) is 5.69 Å². The first-order chi connectivity index (χ1) is 7.95. The summed E-state index contributed by atoms with van der Waals surface area (Å²) in [5.41, 5.74) is 11.2. The van der Waals surface area contributed by atoms with Gasteiger partial charge in [0.2, 0.25) is 0 Å². The number of hydrogen-bond acceptors (Lipinski definition) is 7. The second-order valence-corrected chi connectivity index (χ2v) is 3.33. The van der Waals surface area contributed by atoms with Gasteiger partial charge in [0.05, 0.1) is 12.0 Å². The number of nitro groups is 1. The van der Waals surface area contributed by atoms with E-state index in [1.165, 1.54) is 13.2 Å². The molecule has 4 N–H and O–H groups in total. The minimum absolute atomic E-state index is 0.0349. The van der Waals surface area contributed by atoms with Crippen LogP contribution in [0.1, 0.15) is 5.56 Å². The number of ether oxygens (including phenoxy) is 1. The van der Waals surface area contributed by atoms with Crippen molar-refractivity contribution in [2.24, 2.45) is 5.73 Å². The van der Waals surface area contributed by atoms with Crippen LogP contribution in [0.3, 0.4) is 0 Å². The molecule has 8 heteroatoms. The predicted molar refractivity (Wildman–Crippen MR) is 59.0 cm³/mol. The minimum Gasteiger partial charge on any atom is -0.468 e. The minimum atomic E-state index is -0.925.